The number of rotatable bonds is 8. The zero-order chi connectivity index (χ0) is 13.8. The minimum atomic E-state index is -0.548. The van der Waals surface area contributed by atoms with Crippen molar-refractivity contribution in [1.82, 2.24) is 10.6 Å². The van der Waals surface area contributed by atoms with Crippen LogP contribution in [-0.2, 0) is 19.1 Å². The van der Waals surface area contributed by atoms with E-state index in [9.17, 15) is 14.4 Å². The summed E-state index contributed by atoms with van der Waals surface area (Å²) in [6.07, 6.45) is 2.07. The molecule has 0 spiro atoms. The molecule has 0 unspecified atom stereocenters. The van der Waals surface area contributed by atoms with Crippen LogP contribution in [0.25, 0.3) is 0 Å². The van der Waals surface area contributed by atoms with Gasteiger partial charge in [-0.15, -0.1) is 0 Å². The van der Waals surface area contributed by atoms with E-state index in [0.717, 1.165) is 12.2 Å². The molecular formula is C11H16N2O5. The molecule has 2 amide bonds. The van der Waals surface area contributed by atoms with Crippen molar-refractivity contribution in [3.8, 4) is 0 Å². The maximum absolute atomic E-state index is 11.1. The van der Waals surface area contributed by atoms with Crippen molar-refractivity contribution in [3.63, 3.8) is 0 Å². The van der Waals surface area contributed by atoms with Crippen LogP contribution < -0.4 is 10.6 Å². The maximum Gasteiger partial charge on any atom is 0.330 e. The van der Waals surface area contributed by atoms with Crippen LogP contribution in [0.5, 0.6) is 0 Å². The zero-order valence-corrected chi connectivity index (χ0v) is 9.94. The van der Waals surface area contributed by atoms with Crippen LogP contribution in [0.1, 0.15) is 0 Å². The Bertz CT molecular complexity index is 297. The molecule has 0 aliphatic carbocycles. The molecule has 2 N–H and O–H groups in total. The number of ether oxygens (including phenoxy) is 2. The Kier molecular flexibility index (Phi) is 8.62. The van der Waals surface area contributed by atoms with E-state index < -0.39 is 18.0 Å². The third-order valence-corrected chi connectivity index (χ3v) is 1.60. The van der Waals surface area contributed by atoms with E-state index in [1.807, 2.05) is 0 Å². The summed E-state index contributed by atoms with van der Waals surface area (Å²) in [5.41, 5.74) is 0. The van der Waals surface area contributed by atoms with Crippen molar-refractivity contribution in [2.45, 2.75) is 0 Å². The van der Waals surface area contributed by atoms with Crippen LogP contribution in [0.3, 0.4) is 0 Å². The molecule has 0 bridgehead atoms. The first-order valence-electron chi connectivity index (χ1n) is 5.20. The van der Waals surface area contributed by atoms with Gasteiger partial charge in [0, 0.05) is 12.2 Å². The van der Waals surface area contributed by atoms with Gasteiger partial charge in [0.25, 0.3) is 0 Å². The third kappa shape index (κ3) is 8.96. The Morgan fingerprint density at radius 3 is 1.61 bits per heavy atom. The second-order valence-corrected chi connectivity index (χ2v) is 2.93. The summed E-state index contributed by atoms with van der Waals surface area (Å²) in [6, 6.07) is -0.445. The van der Waals surface area contributed by atoms with E-state index in [2.05, 4.69) is 33.3 Å². The lowest BCUT2D eigenvalue weighted by molar-refractivity contribution is -0.138. The summed E-state index contributed by atoms with van der Waals surface area (Å²) in [6.45, 7) is 6.92. The first-order chi connectivity index (χ1) is 8.60. The number of esters is 2. The Balaban J connectivity index is 3.43. The minimum absolute atomic E-state index is 0.0592. The molecule has 0 radical (unpaired) electrons. The Labute approximate surface area is 105 Å². The van der Waals surface area contributed by atoms with Crippen molar-refractivity contribution in [2.75, 3.05) is 26.3 Å². The number of urea groups is 1. The fourth-order valence-corrected chi connectivity index (χ4v) is 0.813. The molecule has 0 aromatic carbocycles. The number of nitrogens with one attached hydrogen (secondary N) is 2. The normalized spacial score (nSPS) is 8.89. The SMILES string of the molecule is C=CC(=O)OCCNC(=O)NCCOC(=O)C=C. The van der Waals surface area contributed by atoms with Crippen molar-refractivity contribution in [3.05, 3.63) is 25.3 Å². The van der Waals surface area contributed by atoms with Crippen molar-refractivity contribution < 1.29 is 23.9 Å². The molecule has 0 fully saturated rings. The second-order valence-electron chi connectivity index (χ2n) is 2.93. The summed E-state index contributed by atoms with van der Waals surface area (Å²) in [5, 5.41) is 4.88. The zero-order valence-electron chi connectivity index (χ0n) is 9.94. The minimum Gasteiger partial charge on any atom is -0.461 e. The number of carbonyl (C=O) groups is 3. The van der Waals surface area contributed by atoms with Gasteiger partial charge in [0.1, 0.15) is 13.2 Å². The molecule has 100 valence electrons. The molecule has 0 aromatic heterocycles. The van der Waals surface area contributed by atoms with Gasteiger partial charge in [-0.05, 0) is 0 Å². The van der Waals surface area contributed by atoms with Gasteiger partial charge in [0.05, 0.1) is 13.1 Å². The van der Waals surface area contributed by atoms with Gasteiger partial charge < -0.3 is 20.1 Å². The molecule has 0 aliphatic heterocycles. The van der Waals surface area contributed by atoms with Gasteiger partial charge in [0.2, 0.25) is 0 Å². The van der Waals surface area contributed by atoms with Crippen molar-refractivity contribution in [2.24, 2.45) is 0 Å². The van der Waals surface area contributed by atoms with Crippen LogP contribution >= 0.6 is 0 Å². The van der Waals surface area contributed by atoms with E-state index in [1.54, 1.807) is 0 Å². The molecule has 0 saturated heterocycles. The van der Waals surface area contributed by atoms with Gasteiger partial charge in [-0.1, -0.05) is 13.2 Å². The summed E-state index contributed by atoms with van der Waals surface area (Å²) < 4.78 is 9.27. The van der Waals surface area contributed by atoms with E-state index in [-0.39, 0.29) is 26.3 Å². The number of carbonyl (C=O) groups excluding carboxylic acids is 3. The quantitative estimate of drug-likeness (QED) is 0.354. The molecule has 0 atom stereocenters. The molecule has 0 saturated carbocycles. The van der Waals surface area contributed by atoms with Crippen LogP contribution in [0, 0.1) is 0 Å². The van der Waals surface area contributed by atoms with Crippen molar-refractivity contribution >= 4 is 18.0 Å². The highest BCUT2D eigenvalue weighted by Gasteiger charge is 2.01. The van der Waals surface area contributed by atoms with Crippen LogP contribution in [0.2, 0.25) is 0 Å². The predicted molar refractivity (Wildman–Crippen MR) is 63.7 cm³/mol. The molecule has 18 heavy (non-hydrogen) atoms. The lowest BCUT2D eigenvalue weighted by Gasteiger charge is -2.07. The highest BCUT2D eigenvalue weighted by molar-refractivity contribution is 5.81. The van der Waals surface area contributed by atoms with Gasteiger partial charge >= 0.3 is 18.0 Å². The maximum atomic E-state index is 11.1. The molecule has 0 rings (SSSR count). The predicted octanol–water partition coefficient (Wildman–Crippen LogP) is -0.256. The van der Waals surface area contributed by atoms with Gasteiger partial charge in [-0.2, -0.15) is 0 Å². The average Bonchev–Trinajstić information content (AvgIpc) is 2.38. The van der Waals surface area contributed by atoms with E-state index >= 15 is 0 Å². The van der Waals surface area contributed by atoms with E-state index in [4.69, 9.17) is 0 Å². The Morgan fingerprint density at radius 2 is 1.28 bits per heavy atom. The molecule has 0 aromatic rings. The monoisotopic (exact) mass is 256 g/mol. The van der Waals surface area contributed by atoms with Gasteiger partial charge in [-0.3, -0.25) is 0 Å². The summed E-state index contributed by atoms with van der Waals surface area (Å²) in [4.78, 5) is 32.4. The van der Waals surface area contributed by atoms with Crippen LogP contribution in [-0.4, -0.2) is 44.3 Å². The first-order valence-corrected chi connectivity index (χ1v) is 5.20. The fourth-order valence-electron chi connectivity index (χ4n) is 0.813. The lowest BCUT2D eigenvalue weighted by Crippen LogP contribution is -2.39. The van der Waals surface area contributed by atoms with E-state index in [0.29, 0.717) is 0 Å². The number of hydrogen-bond acceptors (Lipinski definition) is 5. The average molecular weight is 256 g/mol. The Morgan fingerprint density at radius 1 is 0.889 bits per heavy atom. The second kappa shape index (κ2) is 9.88. The highest BCUT2D eigenvalue weighted by Crippen LogP contribution is 1.79. The molecule has 0 aliphatic rings. The van der Waals surface area contributed by atoms with Gasteiger partial charge in [-0.25, -0.2) is 14.4 Å². The first kappa shape index (κ1) is 15.7. The number of amides is 2. The topological polar surface area (TPSA) is 93.7 Å². The van der Waals surface area contributed by atoms with Crippen LogP contribution in [0.15, 0.2) is 25.3 Å². The molecule has 7 heteroatoms. The summed E-state index contributed by atoms with van der Waals surface area (Å²) >= 11 is 0. The van der Waals surface area contributed by atoms with Crippen LogP contribution in [0.4, 0.5) is 4.79 Å². The highest BCUT2D eigenvalue weighted by atomic mass is 16.5. The molecule has 7 nitrogen and oxygen atoms in total. The molecular weight excluding hydrogens is 240 g/mol. The Hall–Kier alpha value is -2.31. The fraction of sp³-hybridized carbons (Fsp3) is 0.364. The number of hydrogen-bond donors (Lipinski definition) is 2. The lowest BCUT2D eigenvalue weighted by atomic mass is 10.6. The standard InChI is InChI=1S/C11H16N2O5/c1-3-9(14)17-7-5-12-11(16)13-6-8-18-10(15)4-2/h3-4H,1-2,5-8H2,(H2,12,13,16). The largest absolute Gasteiger partial charge is 0.461 e. The summed E-state index contributed by atoms with van der Waals surface area (Å²) in [7, 11) is 0. The summed E-state index contributed by atoms with van der Waals surface area (Å²) in [5.74, 6) is -1.10. The van der Waals surface area contributed by atoms with Gasteiger partial charge in [0.15, 0.2) is 0 Å². The molecule has 0 heterocycles. The third-order valence-electron chi connectivity index (χ3n) is 1.60. The van der Waals surface area contributed by atoms with Crippen molar-refractivity contribution in [1.29, 1.82) is 0 Å². The smallest absolute Gasteiger partial charge is 0.330 e. The van der Waals surface area contributed by atoms with E-state index in [1.165, 1.54) is 0 Å².